The summed E-state index contributed by atoms with van der Waals surface area (Å²) in [5, 5.41) is 11.2. The number of carbonyl (C=O) groups is 2. The first-order valence-electron chi connectivity index (χ1n) is 6.53. The summed E-state index contributed by atoms with van der Waals surface area (Å²) < 4.78 is 26.4. The molecule has 0 unspecified atom stereocenters. The summed E-state index contributed by atoms with van der Waals surface area (Å²) in [5.41, 5.74) is 1.39. The van der Waals surface area contributed by atoms with Crippen LogP contribution in [0.2, 0.25) is 0 Å². The Morgan fingerprint density at radius 3 is 2.81 bits per heavy atom. The molecule has 1 aliphatic heterocycles. The molecule has 1 heterocycles. The SMILES string of the molecule is O=C(O)CCNS(=O)(=O)c1ccc2c(c1)CCCC(=O)N2. The zero-order valence-electron chi connectivity index (χ0n) is 11.3. The van der Waals surface area contributed by atoms with Gasteiger partial charge in [0.15, 0.2) is 0 Å². The van der Waals surface area contributed by atoms with Crippen LogP contribution in [0.5, 0.6) is 0 Å². The van der Waals surface area contributed by atoms with Gasteiger partial charge in [-0.25, -0.2) is 13.1 Å². The van der Waals surface area contributed by atoms with E-state index in [0.717, 1.165) is 5.56 Å². The van der Waals surface area contributed by atoms with E-state index in [1.807, 2.05) is 0 Å². The molecule has 0 saturated carbocycles. The lowest BCUT2D eigenvalue weighted by Gasteiger charge is -2.10. The molecule has 0 aromatic heterocycles. The lowest BCUT2D eigenvalue weighted by Crippen LogP contribution is -2.26. The number of nitrogens with one attached hydrogen (secondary N) is 2. The number of hydrogen-bond acceptors (Lipinski definition) is 4. The third kappa shape index (κ3) is 4.02. The van der Waals surface area contributed by atoms with Crippen LogP contribution in [0.1, 0.15) is 24.8 Å². The zero-order valence-corrected chi connectivity index (χ0v) is 12.1. The van der Waals surface area contributed by atoms with Crippen molar-refractivity contribution in [2.24, 2.45) is 0 Å². The van der Waals surface area contributed by atoms with E-state index in [2.05, 4.69) is 10.0 Å². The van der Waals surface area contributed by atoms with Crippen molar-refractivity contribution in [3.05, 3.63) is 23.8 Å². The van der Waals surface area contributed by atoms with Crippen LogP contribution in [0.25, 0.3) is 0 Å². The van der Waals surface area contributed by atoms with Crippen LogP contribution < -0.4 is 10.0 Å². The molecule has 1 amide bonds. The Morgan fingerprint density at radius 1 is 1.33 bits per heavy atom. The zero-order chi connectivity index (χ0) is 15.5. The van der Waals surface area contributed by atoms with Crippen LogP contribution in [0.15, 0.2) is 23.1 Å². The molecule has 0 radical (unpaired) electrons. The van der Waals surface area contributed by atoms with Crippen molar-refractivity contribution in [2.45, 2.75) is 30.6 Å². The molecule has 7 nitrogen and oxygen atoms in total. The summed E-state index contributed by atoms with van der Waals surface area (Å²) in [7, 11) is -3.74. The Labute approximate surface area is 122 Å². The maximum atomic E-state index is 12.1. The number of sulfonamides is 1. The van der Waals surface area contributed by atoms with Gasteiger partial charge in [-0.3, -0.25) is 9.59 Å². The van der Waals surface area contributed by atoms with E-state index in [-0.39, 0.29) is 23.8 Å². The highest BCUT2D eigenvalue weighted by Crippen LogP contribution is 2.25. The van der Waals surface area contributed by atoms with E-state index in [1.165, 1.54) is 12.1 Å². The van der Waals surface area contributed by atoms with E-state index in [0.29, 0.717) is 24.9 Å². The number of aryl methyl sites for hydroxylation is 1. The summed E-state index contributed by atoms with van der Waals surface area (Å²) >= 11 is 0. The van der Waals surface area contributed by atoms with Crippen molar-refractivity contribution in [1.82, 2.24) is 4.72 Å². The van der Waals surface area contributed by atoms with Crippen molar-refractivity contribution < 1.29 is 23.1 Å². The summed E-state index contributed by atoms with van der Waals surface area (Å²) in [6.07, 6.45) is 1.41. The number of carboxylic acid groups (broad SMARTS) is 1. The molecule has 0 fully saturated rings. The van der Waals surface area contributed by atoms with Gasteiger partial charge in [0, 0.05) is 18.7 Å². The van der Waals surface area contributed by atoms with E-state index < -0.39 is 16.0 Å². The molecule has 0 saturated heterocycles. The van der Waals surface area contributed by atoms with Crippen molar-refractivity contribution in [3.8, 4) is 0 Å². The second-order valence-electron chi connectivity index (χ2n) is 4.76. The molecule has 2 rings (SSSR count). The molecule has 21 heavy (non-hydrogen) atoms. The molecule has 1 aromatic rings. The lowest BCUT2D eigenvalue weighted by molar-refractivity contribution is -0.136. The van der Waals surface area contributed by atoms with Gasteiger partial charge < -0.3 is 10.4 Å². The van der Waals surface area contributed by atoms with Crippen LogP contribution in [0.3, 0.4) is 0 Å². The van der Waals surface area contributed by atoms with Gasteiger partial charge in [-0.1, -0.05) is 0 Å². The number of rotatable bonds is 5. The van der Waals surface area contributed by atoms with E-state index in [4.69, 9.17) is 5.11 Å². The number of aliphatic carboxylic acids is 1. The first-order valence-corrected chi connectivity index (χ1v) is 8.01. The fourth-order valence-electron chi connectivity index (χ4n) is 2.09. The van der Waals surface area contributed by atoms with Gasteiger partial charge >= 0.3 is 5.97 Å². The number of hydrogen-bond donors (Lipinski definition) is 3. The highest BCUT2D eigenvalue weighted by Gasteiger charge is 2.18. The molecule has 0 spiro atoms. The van der Waals surface area contributed by atoms with Crippen LogP contribution >= 0.6 is 0 Å². The number of fused-ring (bicyclic) bond motifs is 1. The highest BCUT2D eigenvalue weighted by atomic mass is 32.2. The van der Waals surface area contributed by atoms with Gasteiger partial charge in [0.05, 0.1) is 11.3 Å². The monoisotopic (exact) mass is 312 g/mol. The largest absolute Gasteiger partial charge is 0.481 e. The minimum Gasteiger partial charge on any atom is -0.481 e. The van der Waals surface area contributed by atoms with E-state index in [9.17, 15) is 18.0 Å². The Balaban J connectivity index is 2.19. The number of carbonyl (C=O) groups excluding carboxylic acids is 1. The summed E-state index contributed by atoms with van der Waals surface area (Å²) in [5.74, 6) is -1.15. The quantitative estimate of drug-likeness (QED) is 0.741. The van der Waals surface area contributed by atoms with Gasteiger partial charge in [-0.15, -0.1) is 0 Å². The molecule has 0 bridgehead atoms. The summed E-state index contributed by atoms with van der Waals surface area (Å²) in [4.78, 5) is 21.9. The van der Waals surface area contributed by atoms with Crippen molar-refractivity contribution in [3.63, 3.8) is 0 Å². The van der Waals surface area contributed by atoms with Crippen molar-refractivity contribution >= 4 is 27.6 Å². The lowest BCUT2D eigenvalue weighted by atomic mass is 10.1. The molecular weight excluding hydrogens is 296 g/mol. The number of benzene rings is 1. The fraction of sp³-hybridized carbons (Fsp3) is 0.385. The molecule has 1 aliphatic rings. The minimum absolute atomic E-state index is 0.0720. The normalized spacial score (nSPS) is 15.0. The average Bonchev–Trinajstić information content (AvgIpc) is 2.57. The maximum absolute atomic E-state index is 12.1. The third-order valence-electron chi connectivity index (χ3n) is 3.14. The fourth-order valence-corrected chi connectivity index (χ4v) is 3.18. The maximum Gasteiger partial charge on any atom is 0.304 e. The summed E-state index contributed by atoms with van der Waals surface area (Å²) in [6.45, 7) is -0.161. The van der Waals surface area contributed by atoms with Crippen LogP contribution in [-0.4, -0.2) is 31.9 Å². The number of amides is 1. The van der Waals surface area contributed by atoms with E-state index >= 15 is 0 Å². The Bertz CT molecular complexity index is 669. The Hall–Kier alpha value is -1.93. The van der Waals surface area contributed by atoms with Crippen molar-refractivity contribution in [1.29, 1.82) is 0 Å². The molecule has 114 valence electrons. The topological polar surface area (TPSA) is 113 Å². The van der Waals surface area contributed by atoms with Crippen molar-refractivity contribution in [2.75, 3.05) is 11.9 Å². The molecule has 0 atom stereocenters. The molecule has 0 aliphatic carbocycles. The van der Waals surface area contributed by atoms with Gasteiger partial charge in [-0.05, 0) is 36.6 Å². The number of anilines is 1. The predicted molar refractivity (Wildman–Crippen MR) is 75.5 cm³/mol. The Morgan fingerprint density at radius 2 is 2.10 bits per heavy atom. The molecular formula is C13H16N2O5S. The molecule has 8 heteroatoms. The third-order valence-corrected chi connectivity index (χ3v) is 4.60. The van der Waals surface area contributed by atoms with Gasteiger partial charge in [0.1, 0.15) is 0 Å². The summed E-state index contributed by atoms with van der Waals surface area (Å²) in [6, 6.07) is 4.47. The minimum atomic E-state index is -3.74. The van der Waals surface area contributed by atoms with Crippen LogP contribution in [0, 0.1) is 0 Å². The van der Waals surface area contributed by atoms with E-state index in [1.54, 1.807) is 6.07 Å². The molecule has 1 aromatic carbocycles. The molecule has 3 N–H and O–H groups in total. The number of carboxylic acids is 1. The van der Waals surface area contributed by atoms with Crippen LogP contribution in [0.4, 0.5) is 5.69 Å². The highest BCUT2D eigenvalue weighted by molar-refractivity contribution is 7.89. The first-order chi connectivity index (χ1) is 9.88. The predicted octanol–water partition coefficient (Wildman–Crippen LogP) is 0.714. The van der Waals surface area contributed by atoms with Crippen LogP contribution in [-0.2, 0) is 26.0 Å². The first kappa shape index (κ1) is 15.5. The Kier molecular flexibility index (Phi) is 4.59. The average molecular weight is 312 g/mol. The van der Waals surface area contributed by atoms with Gasteiger partial charge in [0.25, 0.3) is 0 Å². The smallest absolute Gasteiger partial charge is 0.304 e. The van der Waals surface area contributed by atoms with Gasteiger partial charge in [-0.2, -0.15) is 0 Å². The van der Waals surface area contributed by atoms with Gasteiger partial charge in [0.2, 0.25) is 15.9 Å². The standard InChI is InChI=1S/C13H16N2O5S/c16-12-3-1-2-9-8-10(4-5-11(9)15-12)21(19,20)14-7-6-13(17)18/h4-5,8,14H,1-3,6-7H2,(H,15,16)(H,17,18). The second-order valence-corrected chi connectivity index (χ2v) is 6.53. The second kappa shape index (κ2) is 6.23.